The largest absolute Gasteiger partial charge is 0.487 e. The number of amides is 1. The number of ether oxygens (including phenoxy) is 2. The number of halogens is 2. The van der Waals surface area contributed by atoms with Crippen LogP contribution in [-0.2, 0) is 17.8 Å². The van der Waals surface area contributed by atoms with Crippen molar-refractivity contribution in [2.75, 3.05) is 31.6 Å². The lowest BCUT2D eigenvalue weighted by Gasteiger charge is -2.35. The van der Waals surface area contributed by atoms with Crippen molar-refractivity contribution >= 4 is 11.7 Å². The molecule has 36 heavy (non-hydrogen) atoms. The number of nitrogens with zero attached hydrogens (tertiary/aromatic N) is 6. The van der Waals surface area contributed by atoms with Gasteiger partial charge in [-0.25, -0.2) is 23.7 Å². The molecule has 2 aliphatic rings. The van der Waals surface area contributed by atoms with Crippen molar-refractivity contribution in [2.24, 2.45) is 0 Å². The molecule has 0 aliphatic carbocycles. The Kier molecular flexibility index (Phi) is 6.62. The van der Waals surface area contributed by atoms with Crippen molar-refractivity contribution in [3.05, 3.63) is 53.6 Å². The number of piperidine rings is 1. The number of hydrogen-bond donors (Lipinski definition) is 0. The molecule has 1 amide bonds. The summed E-state index contributed by atoms with van der Waals surface area (Å²) < 4.78 is 38.3. The minimum absolute atomic E-state index is 0.00564. The predicted molar refractivity (Wildman–Crippen MR) is 127 cm³/mol. The number of rotatable bonds is 5. The predicted octanol–water partition coefficient (Wildman–Crippen LogP) is 3.17. The van der Waals surface area contributed by atoms with Gasteiger partial charge in [0.25, 0.3) is 0 Å². The third-order valence-corrected chi connectivity index (χ3v) is 6.43. The Hall–Kier alpha value is -3.89. The Balaban J connectivity index is 1.41. The fourth-order valence-electron chi connectivity index (χ4n) is 4.48. The Morgan fingerprint density at radius 2 is 1.86 bits per heavy atom. The SMILES string of the molecule is COc1cncc(-c2nc3c(nc2N2CCC(Oc4ccc(F)cc4F)CC2)CCN(C(C)=O)C3)n1. The number of benzene rings is 1. The van der Waals surface area contributed by atoms with Crippen molar-refractivity contribution < 1.29 is 23.0 Å². The van der Waals surface area contributed by atoms with E-state index in [1.165, 1.54) is 25.4 Å². The summed E-state index contributed by atoms with van der Waals surface area (Å²) >= 11 is 0. The zero-order valence-corrected chi connectivity index (χ0v) is 20.1. The maximum absolute atomic E-state index is 14.0. The molecule has 0 saturated carbocycles. The maximum atomic E-state index is 14.0. The third-order valence-electron chi connectivity index (χ3n) is 6.43. The highest BCUT2D eigenvalue weighted by molar-refractivity contribution is 5.74. The number of aromatic nitrogens is 4. The summed E-state index contributed by atoms with van der Waals surface area (Å²) in [4.78, 5) is 34.4. The van der Waals surface area contributed by atoms with Crippen LogP contribution in [0.5, 0.6) is 11.6 Å². The Morgan fingerprint density at radius 1 is 1.06 bits per heavy atom. The Morgan fingerprint density at radius 3 is 2.58 bits per heavy atom. The van der Waals surface area contributed by atoms with Crippen LogP contribution < -0.4 is 14.4 Å². The smallest absolute Gasteiger partial charge is 0.232 e. The first-order valence-corrected chi connectivity index (χ1v) is 11.8. The van der Waals surface area contributed by atoms with Crippen LogP contribution in [0.3, 0.4) is 0 Å². The Labute approximate surface area is 207 Å². The first-order valence-electron chi connectivity index (χ1n) is 11.8. The topological polar surface area (TPSA) is 93.6 Å². The molecule has 1 aromatic carbocycles. The molecular formula is C25H26F2N6O3. The highest BCUT2D eigenvalue weighted by Gasteiger charge is 2.29. The fraction of sp³-hybridized carbons (Fsp3) is 0.400. The van der Waals surface area contributed by atoms with E-state index in [2.05, 4.69) is 14.9 Å². The molecule has 1 saturated heterocycles. The van der Waals surface area contributed by atoms with Crippen LogP contribution >= 0.6 is 0 Å². The molecule has 11 heteroatoms. The van der Waals surface area contributed by atoms with E-state index in [0.717, 1.165) is 17.5 Å². The summed E-state index contributed by atoms with van der Waals surface area (Å²) in [5.41, 5.74) is 2.68. The first-order chi connectivity index (χ1) is 17.4. The normalized spacial score (nSPS) is 16.0. The highest BCUT2D eigenvalue weighted by atomic mass is 19.1. The average Bonchev–Trinajstić information content (AvgIpc) is 2.89. The summed E-state index contributed by atoms with van der Waals surface area (Å²) in [5, 5.41) is 0. The molecule has 0 bridgehead atoms. The van der Waals surface area contributed by atoms with E-state index >= 15 is 0 Å². The molecule has 1 fully saturated rings. The van der Waals surface area contributed by atoms with Gasteiger partial charge in [-0.15, -0.1) is 0 Å². The van der Waals surface area contributed by atoms with E-state index in [4.69, 9.17) is 19.4 Å². The van der Waals surface area contributed by atoms with Gasteiger partial charge in [0.1, 0.15) is 23.3 Å². The molecule has 3 aromatic rings. The monoisotopic (exact) mass is 496 g/mol. The van der Waals surface area contributed by atoms with Crippen molar-refractivity contribution in [1.82, 2.24) is 24.8 Å². The van der Waals surface area contributed by atoms with Crippen molar-refractivity contribution in [2.45, 2.75) is 38.8 Å². The summed E-state index contributed by atoms with van der Waals surface area (Å²) in [6, 6.07) is 3.32. The zero-order valence-electron chi connectivity index (χ0n) is 20.1. The lowest BCUT2D eigenvalue weighted by molar-refractivity contribution is -0.129. The first kappa shape index (κ1) is 23.8. The van der Waals surface area contributed by atoms with Gasteiger partial charge in [0, 0.05) is 51.9 Å². The van der Waals surface area contributed by atoms with Gasteiger partial charge < -0.3 is 19.3 Å². The van der Waals surface area contributed by atoms with Crippen LogP contribution in [0.1, 0.15) is 31.2 Å². The second kappa shape index (κ2) is 10.00. The molecule has 0 N–H and O–H groups in total. The van der Waals surface area contributed by atoms with E-state index in [1.54, 1.807) is 18.0 Å². The standard InChI is InChI=1S/C25H26F2N6O3/c1-15(34)33-10-7-19-21(14-33)30-24(20-12-28-13-23(29-20)35-2)25(31-19)32-8-5-17(6-9-32)36-22-4-3-16(26)11-18(22)27/h3-4,11-13,17H,5-10,14H2,1-2H3. The molecule has 9 nitrogen and oxygen atoms in total. The highest BCUT2D eigenvalue weighted by Crippen LogP contribution is 2.32. The van der Waals surface area contributed by atoms with Crippen molar-refractivity contribution in [3.8, 4) is 23.0 Å². The molecular weight excluding hydrogens is 470 g/mol. The van der Waals surface area contributed by atoms with Crippen molar-refractivity contribution in [3.63, 3.8) is 0 Å². The molecule has 4 heterocycles. The van der Waals surface area contributed by atoms with Crippen LogP contribution in [0.2, 0.25) is 0 Å². The summed E-state index contributed by atoms with van der Waals surface area (Å²) in [5.74, 6) is -0.271. The van der Waals surface area contributed by atoms with Gasteiger partial charge in [0.2, 0.25) is 11.8 Å². The fourth-order valence-corrected chi connectivity index (χ4v) is 4.48. The van der Waals surface area contributed by atoms with E-state index in [1.807, 2.05) is 0 Å². The zero-order chi connectivity index (χ0) is 25.2. The van der Waals surface area contributed by atoms with Gasteiger partial charge in [0.05, 0.1) is 37.4 Å². The Bertz CT molecular complexity index is 1280. The van der Waals surface area contributed by atoms with Crippen LogP contribution in [-0.4, -0.2) is 63.6 Å². The maximum Gasteiger partial charge on any atom is 0.232 e. The summed E-state index contributed by atoms with van der Waals surface area (Å²) in [6.45, 7) is 3.73. The van der Waals surface area contributed by atoms with Gasteiger partial charge in [-0.1, -0.05) is 0 Å². The summed E-state index contributed by atoms with van der Waals surface area (Å²) in [6.07, 6.45) is 4.78. The minimum Gasteiger partial charge on any atom is -0.487 e. The number of carbonyl (C=O) groups excluding carboxylic acids is 1. The second-order valence-electron chi connectivity index (χ2n) is 8.81. The van der Waals surface area contributed by atoms with E-state index in [0.29, 0.717) is 68.5 Å². The molecule has 0 spiro atoms. The number of methoxy groups -OCH3 is 1. The molecule has 0 radical (unpaired) electrons. The van der Waals surface area contributed by atoms with Crippen LogP contribution in [0.15, 0.2) is 30.6 Å². The molecule has 0 atom stereocenters. The van der Waals surface area contributed by atoms with Gasteiger partial charge in [-0.2, -0.15) is 0 Å². The van der Waals surface area contributed by atoms with Crippen LogP contribution in [0.25, 0.3) is 11.4 Å². The number of fused-ring (bicyclic) bond motifs is 1. The number of carbonyl (C=O) groups is 1. The lowest BCUT2D eigenvalue weighted by Crippen LogP contribution is -2.40. The number of anilines is 1. The lowest BCUT2D eigenvalue weighted by atomic mass is 10.1. The molecule has 5 rings (SSSR count). The summed E-state index contributed by atoms with van der Waals surface area (Å²) in [7, 11) is 1.52. The quantitative estimate of drug-likeness (QED) is 0.532. The van der Waals surface area contributed by atoms with Gasteiger partial charge in [0.15, 0.2) is 17.4 Å². The van der Waals surface area contributed by atoms with Crippen molar-refractivity contribution in [1.29, 1.82) is 0 Å². The van der Waals surface area contributed by atoms with Gasteiger partial charge in [-0.3, -0.25) is 9.78 Å². The van der Waals surface area contributed by atoms with Crippen LogP contribution in [0, 0.1) is 11.6 Å². The van der Waals surface area contributed by atoms with E-state index in [9.17, 15) is 13.6 Å². The second-order valence-corrected chi connectivity index (χ2v) is 8.81. The van der Waals surface area contributed by atoms with E-state index < -0.39 is 11.6 Å². The van der Waals surface area contributed by atoms with Gasteiger partial charge in [-0.05, 0) is 12.1 Å². The molecule has 2 aliphatic heterocycles. The molecule has 188 valence electrons. The van der Waals surface area contributed by atoms with Gasteiger partial charge >= 0.3 is 0 Å². The minimum atomic E-state index is -0.712. The third kappa shape index (κ3) is 4.91. The molecule has 0 unspecified atom stereocenters. The van der Waals surface area contributed by atoms with E-state index in [-0.39, 0.29) is 17.8 Å². The number of hydrogen-bond acceptors (Lipinski definition) is 8. The van der Waals surface area contributed by atoms with Crippen LogP contribution in [0.4, 0.5) is 14.6 Å². The molecule has 2 aromatic heterocycles. The average molecular weight is 497 g/mol.